The summed E-state index contributed by atoms with van der Waals surface area (Å²) in [6.07, 6.45) is 0.299. The summed E-state index contributed by atoms with van der Waals surface area (Å²) in [5.41, 5.74) is 1.28. The van der Waals surface area contributed by atoms with Gasteiger partial charge in [0.05, 0.1) is 6.07 Å². The molecular formula is C14H17N3O2. The zero-order valence-corrected chi connectivity index (χ0v) is 11.1. The first kappa shape index (κ1) is 14.7. The molecule has 0 aliphatic rings. The lowest BCUT2D eigenvalue weighted by Crippen LogP contribution is -2.14. The molecule has 0 spiro atoms. The third-order valence-electron chi connectivity index (χ3n) is 2.29. The summed E-state index contributed by atoms with van der Waals surface area (Å²) in [5.74, 6) is -0.0695. The number of amides is 2. The average Bonchev–Trinajstić information content (AvgIpc) is 2.31. The van der Waals surface area contributed by atoms with Crippen molar-refractivity contribution in [3.05, 3.63) is 24.3 Å². The first-order valence-electron chi connectivity index (χ1n) is 6.08. The number of hydrogen-bond donors (Lipinski definition) is 2. The van der Waals surface area contributed by atoms with Crippen LogP contribution < -0.4 is 10.6 Å². The predicted molar refractivity (Wildman–Crippen MR) is 73.4 cm³/mol. The molecule has 1 rings (SSSR count). The molecule has 100 valence electrons. The molecule has 1 aromatic carbocycles. The van der Waals surface area contributed by atoms with E-state index in [1.807, 2.05) is 13.8 Å². The van der Waals surface area contributed by atoms with Gasteiger partial charge in [-0.2, -0.15) is 5.26 Å². The quantitative estimate of drug-likeness (QED) is 0.852. The van der Waals surface area contributed by atoms with E-state index in [4.69, 9.17) is 5.26 Å². The maximum atomic E-state index is 11.6. The molecule has 5 nitrogen and oxygen atoms in total. The number of rotatable bonds is 5. The minimum absolute atomic E-state index is 0.0312. The predicted octanol–water partition coefficient (Wildman–Crippen LogP) is 2.52. The lowest BCUT2D eigenvalue weighted by Gasteiger charge is -2.08. The van der Waals surface area contributed by atoms with E-state index in [2.05, 4.69) is 10.6 Å². The highest BCUT2D eigenvalue weighted by Gasteiger charge is 2.05. The Morgan fingerprint density at radius 1 is 1.11 bits per heavy atom. The van der Waals surface area contributed by atoms with E-state index in [9.17, 15) is 9.59 Å². The summed E-state index contributed by atoms with van der Waals surface area (Å²) >= 11 is 0. The summed E-state index contributed by atoms with van der Waals surface area (Å²) in [6, 6.07) is 8.55. The standard InChI is InChI=1S/C14H17N3O2/c1-10(2)9-14(19)17-12-5-3-11(4-6-12)16-13(18)7-8-15/h3-6,10H,7,9H2,1-2H3,(H,16,18)(H,17,19). The van der Waals surface area contributed by atoms with E-state index < -0.39 is 0 Å². The van der Waals surface area contributed by atoms with Crippen molar-refractivity contribution in [1.82, 2.24) is 0 Å². The number of anilines is 2. The second kappa shape index (κ2) is 7.17. The maximum Gasteiger partial charge on any atom is 0.238 e. The van der Waals surface area contributed by atoms with Crippen molar-refractivity contribution in [3.8, 4) is 6.07 Å². The molecule has 0 saturated heterocycles. The summed E-state index contributed by atoms with van der Waals surface area (Å²) in [4.78, 5) is 22.7. The molecule has 0 aliphatic carbocycles. The molecule has 0 radical (unpaired) electrons. The fourth-order valence-electron chi connectivity index (χ4n) is 1.50. The monoisotopic (exact) mass is 259 g/mol. The van der Waals surface area contributed by atoms with E-state index >= 15 is 0 Å². The minimum atomic E-state index is -0.348. The van der Waals surface area contributed by atoms with Crippen molar-refractivity contribution in [3.63, 3.8) is 0 Å². The van der Waals surface area contributed by atoms with Crippen LogP contribution in [-0.4, -0.2) is 11.8 Å². The molecule has 0 heterocycles. The van der Waals surface area contributed by atoms with Crippen LogP contribution in [0, 0.1) is 17.2 Å². The molecule has 0 atom stereocenters. The number of carbonyl (C=O) groups is 2. The van der Waals surface area contributed by atoms with Gasteiger partial charge in [-0.05, 0) is 30.2 Å². The second-order valence-electron chi connectivity index (χ2n) is 4.61. The molecule has 19 heavy (non-hydrogen) atoms. The van der Waals surface area contributed by atoms with Crippen LogP contribution in [0.4, 0.5) is 11.4 Å². The highest BCUT2D eigenvalue weighted by molar-refractivity contribution is 5.93. The van der Waals surface area contributed by atoms with Crippen molar-refractivity contribution in [2.75, 3.05) is 10.6 Å². The number of benzene rings is 1. The van der Waals surface area contributed by atoms with Crippen molar-refractivity contribution in [2.24, 2.45) is 5.92 Å². The molecule has 5 heteroatoms. The fraction of sp³-hybridized carbons (Fsp3) is 0.357. The molecule has 0 saturated carbocycles. The summed E-state index contributed by atoms with van der Waals surface area (Å²) < 4.78 is 0. The van der Waals surface area contributed by atoms with Crippen molar-refractivity contribution < 1.29 is 9.59 Å². The number of nitrogens with one attached hydrogen (secondary N) is 2. The number of nitriles is 1. The van der Waals surface area contributed by atoms with Crippen molar-refractivity contribution >= 4 is 23.2 Å². The highest BCUT2D eigenvalue weighted by Crippen LogP contribution is 2.14. The maximum absolute atomic E-state index is 11.6. The van der Waals surface area contributed by atoms with Gasteiger partial charge in [-0.15, -0.1) is 0 Å². The Labute approximate surface area is 112 Å². The van der Waals surface area contributed by atoms with Crippen molar-refractivity contribution in [1.29, 1.82) is 5.26 Å². The van der Waals surface area contributed by atoms with Crippen LogP contribution in [0.25, 0.3) is 0 Å². The third-order valence-corrected chi connectivity index (χ3v) is 2.29. The largest absolute Gasteiger partial charge is 0.326 e. The Morgan fingerprint density at radius 2 is 1.58 bits per heavy atom. The van der Waals surface area contributed by atoms with Crippen LogP contribution in [0.3, 0.4) is 0 Å². The third kappa shape index (κ3) is 5.68. The Bertz CT molecular complexity index is 486. The molecule has 0 bridgehead atoms. The molecule has 0 unspecified atom stereocenters. The summed E-state index contributed by atoms with van der Waals surface area (Å²) in [5, 5.41) is 13.7. The zero-order valence-electron chi connectivity index (χ0n) is 11.1. The number of carbonyl (C=O) groups excluding carboxylic acids is 2. The second-order valence-corrected chi connectivity index (χ2v) is 4.61. The van der Waals surface area contributed by atoms with E-state index in [1.54, 1.807) is 30.3 Å². The van der Waals surface area contributed by atoms with Crippen LogP contribution >= 0.6 is 0 Å². The van der Waals surface area contributed by atoms with Crippen LogP contribution in [0.5, 0.6) is 0 Å². The molecule has 0 fully saturated rings. The molecule has 0 aromatic heterocycles. The van der Waals surface area contributed by atoms with Gasteiger partial charge in [0.25, 0.3) is 0 Å². The van der Waals surface area contributed by atoms with Gasteiger partial charge in [0.15, 0.2) is 0 Å². The number of nitrogens with zero attached hydrogens (tertiary/aromatic N) is 1. The lowest BCUT2D eigenvalue weighted by molar-refractivity contribution is -0.117. The first-order valence-corrected chi connectivity index (χ1v) is 6.08. The van der Waals surface area contributed by atoms with E-state index in [1.165, 1.54) is 0 Å². The van der Waals surface area contributed by atoms with Gasteiger partial charge in [0.2, 0.25) is 11.8 Å². The van der Waals surface area contributed by atoms with Gasteiger partial charge in [-0.3, -0.25) is 9.59 Å². The van der Waals surface area contributed by atoms with Gasteiger partial charge in [-0.25, -0.2) is 0 Å². The first-order chi connectivity index (χ1) is 9.01. The van der Waals surface area contributed by atoms with Gasteiger partial charge in [0.1, 0.15) is 6.42 Å². The fourth-order valence-corrected chi connectivity index (χ4v) is 1.50. The van der Waals surface area contributed by atoms with Gasteiger partial charge >= 0.3 is 0 Å². The minimum Gasteiger partial charge on any atom is -0.326 e. The topological polar surface area (TPSA) is 82.0 Å². The van der Waals surface area contributed by atoms with E-state index in [-0.39, 0.29) is 18.2 Å². The van der Waals surface area contributed by atoms with Crippen LogP contribution in [0.2, 0.25) is 0 Å². The highest BCUT2D eigenvalue weighted by atomic mass is 16.2. The van der Waals surface area contributed by atoms with Crippen molar-refractivity contribution in [2.45, 2.75) is 26.7 Å². The molecule has 1 aromatic rings. The molecular weight excluding hydrogens is 242 g/mol. The molecule has 2 N–H and O–H groups in total. The van der Waals surface area contributed by atoms with Crippen LogP contribution in [0.1, 0.15) is 26.7 Å². The smallest absolute Gasteiger partial charge is 0.238 e. The Kier molecular flexibility index (Phi) is 5.55. The Hall–Kier alpha value is -2.35. The molecule has 2 amide bonds. The normalized spacial score (nSPS) is 9.79. The summed E-state index contributed by atoms with van der Waals surface area (Å²) in [6.45, 7) is 3.96. The SMILES string of the molecule is CC(C)CC(=O)Nc1ccc(NC(=O)CC#N)cc1. The number of hydrogen-bond acceptors (Lipinski definition) is 3. The van der Waals surface area contributed by atoms with Crippen LogP contribution in [-0.2, 0) is 9.59 Å². The van der Waals surface area contributed by atoms with Gasteiger partial charge in [0, 0.05) is 17.8 Å². The average molecular weight is 259 g/mol. The van der Waals surface area contributed by atoms with Crippen LogP contribution in [0.15, 0.2) is 24.3 Å². The van der Waals surface area contributed by atoms with E-state index in [0.29, 0.717) is 23.7 Å². The lowest BCUT2D eigenvalue weighted by atomic mass is 10.1. The van der Waals surface area contributed by atoms with E-state index in [0.717, 1.165) is 0 Å². The zero-order chi connectivity index (χ0) is 14.3. The Morgan fingerprint density at radius 3 is 2.00 bits per heavy atom. The summed E-state index contributed by atoms with van der Waals surface area (Å²) in [7, 11) is 0. The van der Waals surface area contributed by atoms with Gasteiger partial charge < -0.3 is 10.6 Å². The van der Waals surface area contributed by atoms with Gasteiger partial charge in [-0.1, -0.05) is 13.8 Å². The molecule has 0 aliphatic heterocycles. The Balaban J connectivity index is 2.54.